The van der Waals surface area contributed by atoms with Gasteiger partial charge in [-0.25, -0.2) is 18.0 Å². The zero-order valence-electron chi connectivity index (χ0n) is 17.6. The predicted molar refractivity (Wildman–Crippen MR) is 120 cm³/mol. The molecule has 2 unspecified atom stereocenters. The zero-order valence-corrected chi connectivity index (χ0v) is 19.9. The Labute approximate surface area is 198 Å². The van der Waals surface area contributed by atoms with Gasteiger partial charge in [0.15, 0.2) is 28.0 Å². The summed E-state index contributed by atoms with van der Waals surface area (Å²) < 4.78 is 46.9. The van der Waals surface area contributed by atoms with Crippen molar-refractivity contribution < 1.29 is 31.5 Å². The second-order valence-electron chi connectivity index (χ2n) is 7.57. The van der Waals surface area contributed by atoms with E-state index in [2.05, 4.69) is 4.99 Å². The normalized spacial score (nSPS) is 22.4. The second-order valence-corrected chi connectivity index (χ2v) is 10.6. The number of benzene rings is 1. The second kappa shape index (κ2) is 9.09. The van der Waals surface area contributed by atoms with E-state index < -0.39 is 32.8 Å². The molecule has 176 valence electrons. The quantitative estimate of drug-likeness (QED) is 0.568. The Morgan fingerprint density at radius 2 is 2.00 bits per heavy atom. The molecule has 1 fully saturated rings. The van der Waals surface area contributed by atoms with E-state index in [0.717, 1.165) is 0 Å². The third kappa shape index (κ3) is 4.52. The standard InChI is InChI=1S/C21H19Cl2NO8S/c1-10-16(20(25)30-9-15-11(2)31-21(26)32-15)17(12-4-3-5-13(22)18(12)23)19-14(24-10)8-29-6-7-33(19,27)28/h3-5,17,19H,6-9H2,1-2H3. The highest BCUT2D eigenvalue weighted by Crippen LogP contribution is 2.44. The zero-order chi connectivity index (χ0) is 23.9. The summed E-state index contributed by atoms with van der Waals surface area (Å²) in [5.74, 6) is -2.82. The Morgan fingerprint density at radius 1 is 1.24 bits per heavy atom. The fourth-order valence-corrected chi connectivity index (χ4v) is 6.25. The molecule has 0 bridgehead atoms. The molecule has 0 spiro atoms. The van der Waals surface area contributed by atoms with E-state index in [1.807, 2.05) is 0 Å². The van der Waals surface area contributed by atoms with Crippen LogP contribution in [0, 0.1) is 6.92 Å². The van der Waals surface area contributed by atoms with Crippen LogP contribution in [0.5, 0.6) is 0 Å². The molecule has 0 radical (unpaired) electrons. The lowest BCUT2D eigenvalue weighted by Gasteiger charge is -2.32. The van der Waals surface area contributed by atoms with Gasteiger partial charge in [0.25, 0.3) is 0 Å². The SMILES string of the molecule is CC1=C(C(=O)OCc2oc(=O)oc2C)C(c2cccc(Cl)c2Cl)C2C(=N1)COCCS2(=O)=O. The maximum Gasteiger partial charge on any atom is 0.519 e. The molecule has 33 heavy (non-hydrogen) atoms. The molecule has 0 aliphatic carbocycles. The molecule has 0 saturated carbocycles. The van der Waals surface area contributed by atoms with Crippen LogP contribution in [-0.2, 0) is 30.7 Å². The number of hydrogen-bond acceptors (Lipinski definition) is 9. The average Bonchev–Trinajstić information content (AvgIpc) is 2.99. The van der Waals surface area contributed by atoms with E-state index in [0.29, 0.717) is 5.56 Å². The smallest absolute Gasteiger partial charge is 0.454 e. The molecular weight excluding hydrogens is 497 g/mol. The van der Waals surface area contributed by atoms with Gasteiger partial charge in [0.1, 0.15) is 5.25 Å². The largest absolute Gasteiger partial charge is 0.519 e. The Morgan fingerprint density at radius 3 is 2.70 bits per heavy atom. The number of fused-ring (bicyclic) bond motifs is 1. The number of ether oxygens (including phenoxy) is 2. The van der Waals surface area contributed by atoms with E-state index in [-0.39, 0.29) is 64.1 Å². The van der Waals surface area contributed by atoms with Gasteiger partial charge in [-0.2, -0.15) is 0 Å². The molecule has 1 aromatic heterocycles. The van der Waals surface area contributed by atoms with E-state index >= 15 is 0 Å². The maximum atomic E-state index is 13.2. The van der Waals surface area contributed by atoms with Gasteiger partial charge in [-0.3, -0.25) is 4.99 Å². The molecule has 2 aliphatic heterocycles. The summed E-state index contributed by atoms with van der Waals surface area (Å²) in [6.45, 7) is 2.68. The molecule has 3 heterocycles. The van der Waals surface area contributed by atoms with Crippen LogP contribution in [0.25, 0.3) is 0 Å². The average molecular weight is 516 g/mol. The van der Waals surface area contributed by atoms with Crippen molar-refractivity contribution in [2.75, 3.05) is 19.0 Å². The molecule has 0 N–H and O–H groups in total. The van der Waals surface area contributed by atoms with E-state index in [1.165, 1.54) is 6.92 Å². The van der Waals surface area contributed by atoms with Gasteiger partial charge in [-0.15, -0.1) is 0 Å². The van der Waals surface area contributed by atoms with Crippen molar-refractivity contribution >= 4 is 44.7 Å². The highest BCUT2D eigenvalue weighted by molar-refractivity contribution is 7.92. The number of carbonyl (C=O) groups is 1. The van der Waals surface area contributed by atoms with Crippen LogP contribution < -0.4 is 5.82 Å². The monoisotopic (exact) mass is 515 g/mol. The number of carbonyl (C=O) groups excluding carboxylic acids is 1. The minimum Gasteiger partial charge on any atom is -0.454 e. The minimum atomic E-state index is -3.78. The summed E-state index contributed by atoms with van der Waals surface area (Å²) in [5, 5.41) is -0.849. The fourth-order valence-electron chi connectivity index (χ4n) is 3.98. The summed E-state index contributed by atoms with van der Waals surface area (Å²) in [7, 11) is -3.78. The number of sulfone groups is 1. The summed E-state index contributed by atoms with van der Waals surface area (Å²) in [6.07, 6.45) is 0. The van der Waals surface area contributed by atoms with Gasteiger partial charge in [-0.05, 0) is 25.5 Å². The molecule has 9 nitrogen and oxygen atoms in total. The van der Waals surface area contributed by atoms with Gasteiger partial charge in [0.05, 0.1) is 40.3 Å². The molecule has 1 saturated heterocycles. The number of halogens is 2. The number of hydrogen-bond donors (Lipinski definition) is 0. The number of allylic oxidation sites excluding steroid dienone is 1. The predicted octanol–water partition coefficient (Wildman–Crippen LogP) is 3.22. The van der Waals surface area contributed by atoms with Crippen molar-refractivity contribution in [3.8, 4) is 0 Å². The molecular formula is C21H19Cl2NO8S. The summed E-state index contributed by atoms with van der Waals surface area (Å²) in [4.78, 5) is 28.9. The number of aliphatic imine (C=N–C) groups is 1. The van der Waals surface area contributed by atoms with Crippen LogP contribution in [0.4, 0.5) is 0 Å². The Hall–Kier alpha value is -2.40. The number of nitrogens with zero attached hydrogens (tertiary/aromatic N) is 1. The van der Waals surface area contributed by atoms with E-state index in [4.69, 9.17) is 41.5 Å². The molecule has 4 rings (SSSR count). The lowest BCUT2D eigenvalue weighted by atomic mass is 9.83. The number of aryl methyl sites for hydroxylation is 1. The highest BCUT2D eigenvalue weighted by atomic mass is 35.5. The van der Waals surface area contributed by atoms with Crippen LogP contribution >= 0.6 is 23.2 Å². The molecule has 1 aromatic carbocycles. The van der Waals surface area contributed by atoms with Crippen molar-refractivity contribution in [3.63, 3.8) is 0 Å². The van der Waals surface area contributed by atoms with Crippen LogP contribution in [0.2, 0.25) is 10.0 Å². The van der Waals surface area contributed by atoms with Crippen LogP contribution in [0.15, 0.2) is 48.1 Å². The number of rotatable bonds is 4. The molecule has 2 aliphatic rings. The van der Waals surface area contributed by atoms with Gasteiger partial charge >= 0.3 is 11.8 Å². The van der Waals surface area contributed by atoms with Gasteiger partial charge in [0, 0.05) is 11.6 Å². The van der Waals surface area contributed by atoms with Crippen molar-refractivity contribution in [1.82, 2.24) is 0 Å². The highest BCUT2D eigenvalue weighted by Gasteiger charge is 2.47. The lowest BCUT2D eigenvalue weighted by molar-refractivity contribution is -0.141. The summed E-state index contributed by atoms with van der Waals surface area (Å²) in [5.41, 5.74) is 0.906. The lowest BCUT2D eigenvalue weighted by Crippen LogP contribution is -2.42. The van der Waals surface area contributed by atoms with Crippen LogP contribution in [0.1, 0.15) is 29.9 Å². The third-order valence-corrected chi connectivity index (χ3v) is 8.39. The van der Waals surface area contributed by atoms with Crippen molar-refractivity contribution in [2.24, 2.45) is 4.99 Å². The minimum absolute atomic E-state index is 0.00236. The summed E-state index contributed by atoms with van der Waals surface area (Å²) in [6, 6.07) is 4.80. The first-order chi connectivity index (χ1) is 15.6. The first-order valence-electron chi connectivity index (χ1n) is 9.88. The van der Waals surface area contributed by atoms with Crippen molar-refractivity contribution in [1.29, 1.82) is 0 Å². The van der Waals surface area contributed by atoms with Crippen molar-refractivity contribution in [2.45, 2.75) is 31.6 Å². The Balaban J connectivity index is 1.82. The van der Waals surface area contributed by atoms with E-state index in [9.17, 15) is 18.0 Å². The fraction of sp³-hybridized carbons (Fsp3) is 0.381. The van der Waals surface area contributed by atoms with Crippen molar-refractivity contribution in [3.05, 3.63) is 67.2 Å². The first kappa shape index (κ1) is 23.7. The topological polar surface area (TPSA) is 125 Å². The third-order valence-electron chi connectivity index (χ3n) is 5.50. The molecule has 0 amide bonds. The molecule has 2 atom stereocenters. The van der Waals surface area contributed by atoms with Gasteiger partial charge in [0.2, 0.25) is 0 Å². The summed E-state index contributed by atoms with van der Waals surface area (Å²) >= 11 is 12.7. The number of esters is 1. The Bertz CT molecular complexity index is 1340. The van der Waals surface area contributed by atoms with Crippen LogP contribution in [0.3, 0.4) is 0 Å². The maximum absolute atomic E-state index is 13.2. The van der Waals surface area contributed by atoms with E-state index in [1.54, 1.807) is 25.1 Å². The molecule has 2 aromatic rings. The van der Waals surface area contributed by atoms with Gasteiger partial charge < -0.3 is 18.3 Å². The molecule has 12 heteroatoms. The Kier molecular flexibility index (Phi) is 6.54. The first-order valence-corrected chi connectivity index (χ1v) is 12.3. The van der Waals surface area contributed by atoms with Gasteiger partial charge in [-0.1, -0.05) is 35.3 Å². The van der Waals surface area contributed by atoms with Crippen LogP contribution in [-0.4, -0.2) is 44.3 Å².